The SMILES string of the molecule is COCc1nnc([C@]2(CCC(C)(C)[C@]3(C)CC[C@H]4C(C)(C)C(=O)C(C#N)=C[C@]4(C)/C3=C/C(C)=O)CCC(C)(C)CC2C)o1. The highest BCUT2D eigenvalue weighted by atomic mass is 16.5. The Morgan fingerprint density at radius 3 is 2.42 bits per heavy atom. The number of allylic oxidation sites excluding steroid dienone is 4. The predicted molar refractivity (Wildman–Crippen MR) is 167 cm³/mol. The first kappa shape index (κ1) is 33.3. The van der Waals surface area contributed by atoms with Crippen LogP contribution in [0.1, 0.15) is 126 Å². The van der Waals surface area contributed by atoms with Crippen LogP contribution in [-0.2, 0) is 26.3 Å². The molecule has 3 aliphatic carbocycles. The monoisotopic (exact) mass is 591 g/mol. The van der Waals surface area contributed by atoms with Crippen molar-refractivity contribution in [1.82, 2.24) is 10.2 Å². The molecule has 3 aliphatic rings. The molecule has 7 heteroatoms. The van der Waals surface area contributed by atoms with Crippen LogP contribution in [0.3, 0.4) is 0 Å². The molecule has 2 saturated carbocycles. The van der Waals surface area contributed by atoms with Crippen molar-refractivity contribution in [1.29, 1.82) is 5.26 Å². The van der Waals surface area contributed by atoms with Gasteiger partial charge in [0.15, 0.2) is 11.6 Å². The number of rotatable bonds is 8. The Bertz CT molecular complexity index is 1370. The van der Waals surface area contributed by atoms with Crippen molar-refractivity contribution in [2.24, 2.45) is 38.9 Å². The van der Waals surface area contributed by atoms with E-state index >= 15 is 0 Å². The van der Waals surface area contributed by atoms with Gasteiger partial charge in [0.25, 0.3) is 0 Å². The molecular formula is C36H53N3O4. The molecule has 5 atom stereocenters. The Morgan fingerprint density at radius 2 is 1.84 bits per heavy atom. The molecule has 43 heavy (non-hydrogen) atoms. The van der Waals surface area contributed by atoms with Gasteiger partial charge in [-0.15, -0.1) is 10.2 Å². The summed E-state index contributed by atoms with van der Waals surface area (Å²) in [4.78, 5) is 26.2. The van der Waals surface area contributed by atoms with Gasteiger partial charge in [0, 0.05) is 17.9 Å². The molecule has 0 spiro atoms. The summed E-state index contributed by atoms with van der Waals surface area (Å²) in [6.07, 6.45) is 10.3. The van der Waals surface area contributed by atoms with Gasteiger partial charge in [-0.2, -0.15) is 5.26 Å². The van der Waals surface area contributed by atoms with E-state index in [0.29, 0.717) is 24.3 Å². The molecule has 7 nitrogen and oxygen atoms in total. The van der Waals surface area contributed by atoms with E-state index < -0.39 is 10.8 Å². The summed E-state index contributed by atoms with van der Waals surface area (Å²) >= 11 is 0. The van der Waals surface area contributed by atoms with E-state index in [1.807, 2.05) is 26.0 Å². The van der Waals surface area contributed by atoms with Crippen molar-refractivity contribution in [2.45, 2.75) is 126 Å². The summed E-state index contributed by atoms with van der Waals surface area (Å²) in [5.41, 5.74) is -0.575. The molecule has 0 radical (unpaired) electrons. The van der Waals surface area contributed by atoms with E-state index in [1.165, 1.54) is 0 Å². The van der Waals surface area contributed by atoms with Gasteiger partial charge in [-0.05, 0) is 86.0 Å². The molecule has 2 fully saturated rings. The average Bonchev–Trinajstić information content (AvgIpc) is 3.37. The van der Waals surface area contributed by atoms with E-state index in [9.17, 15) is 14.9 Å². The smallest absolute Gasteiger partial charge is 0.242 e. The van der Waals surface area contributed by atoms with Crippen molar-refractivity contribution in [3.63, 3.8) is 0 Å². The highest BCUT2D eigenvalue weighted by Gasteiger charge is 2.61. The van der Waals surface area contributed by atoms with Gasteiger partial charge in [0.05, 0.1) is 11.0 Å². The minimum atomic E-state index is -0.692. The van der Waals surface area contributed by atoms with Gasteiger partial charge < -0.3 is 9.15 Å². The number of aromatic nitrogens is 2. The number of methoxy groups -OCH3 is 1. The highest BCUT2D eigenvalue weighted by Crippen LogP contribution is 2.67. The number of fused-ring (bicyclic) bond motifs is 1. The van der Waals surface area contributed by atoms with Crippen LogP contribution in [0.25, 0.3) is 0 Å². The number of carbonyl (C=O) groups is 2. The first-order chi connectivity index (χ1) is 19.8. The molecule has 1 aromatic rings. The van der Waals surface area contributed by atoms with Crippen LogP contribution in [0.5, 0.6) is 0 Å². The summed E-state index contributed by atoms with van der Waals surface area (Å²) in [5.74, 6) is 1.48. The molecule has 0 saturated heterocycles. The lowest BCUT2D eigenvalue weighted by Gasteiger charge is -2.61. The number of hydrogen-bond acceptors (Lipinski definition) is 7. The Kier molecular flexibility index (Phi) is 8.59. The summed E-state index contributed by atoms with van der Waals surface area (Å²) in [6, 6.07) is 2.19. The average molecular weight is 592 g/mol. The van der Waals surface area contributed by atoms with Gasteiger partial charge >= 0.3 is 0 Å². The number of nitrogens with zero attached hydrogens (tertiary/aromatic N) is 3. The molecule has 1 aromatic heterocycles. The van der Waals surface area contributed by atoms with Gasteiger partial charge in [-0.1, -0.05) is 74.0 Å². The summed E-state index contributed by atoms with van der Waals surface area (Å²) in [5, 5.41) is 18.9. The maximum atomic E-state index is 13.3. The zero-order valence-electron chi connectivity index (χ0n) is 28.4. The van der Waals surface area contributed by atoms with E-state index in [-0.39, 0.29) is 44.7 Å². The molecule has 1 unspecified atom stereocenters. The van der Waals surface area contributed by atoms with E-state index in [4.69, 9.17) is 9.15 Å². The molecule has 4 rings (SSSR count). The fraction of sp³-hybridized carbons (Fsp3) is 0.750. The second kappa shape index (κ2) is 11.1. The van der Waals surface area contributed by atoms with Crippen LogP contribution in [0.2, 0.25) is 0 Å². The second-order valence-electron chi connectivity index (χ2n) is 16.3. The third-order valence-corrected chi connectivity index (χ3v) is 12.3. The third kappa shape index (κ3) is 5.47. The summed E-state index contributed by atoms with van der Waals surface area (Å²) in [6.45, 7) is 22.0. The zero-order chi connectivity index (χ0) is 32.2. The third-order valence-electron chi connectivity index (χ3n) is 12.3. The van der Waals surface area contributed by atoms with Gasteiger partial charge in [0.2, 0.25) is 11.8 Å². The van der Waals surface area contributed by atoms with E-state index in [1.54, 1.807) is 14.0 Å². The Morgan fingerprint density at radius 1 is 1.16 bits per heavy atom. The normalized spacial score (nSPS) is 34.8. The number of carbonyl (C=O) groups excluding carboxylic acids is 2. The zero-order valence-corrected chi connectivity index (χ0v) is 28.4. The van der Waals surface area contributed by atoms with E-state index in [0.717, 1.165) is 50.5 Å². The maximum absolute atomic E-state index is 13.3. The predicted octanol–water partition coefficient (Wildman–Crippen LogP) is 8.10. The fourth-order valence-electron chi connectivity index (χ4n) is 9.29. The highest BCUT2D eigenvalue weighted by molar-refractivity contribution is 6.04. The number of ketones is 2. The Hall–Kier alpha value is -2.59. The topological polar surface area (TPSA) is 106 Å². The standard InChI is InChI=1S/C36H53N3O4/c1-23-19-31(3,4)14-16-36(23,30-39-38-28(43-30)22-42-11)17-15-32(5,6)35(10)13-12-26-33(7,8)29(41)25(21-37)20-34(26,9)27(35)18-24(2)40/h18,20,23,26H,12-17,19,22H2,1-11H3/b27-18-/t23?,26-,34-,35+,36-/m0/s1. The van der Waals surface area contributed by atoms with Gasteiger partial charge in [-0.3, -0.25) is 9.59 Å². The van der Waals surface area contributed by atoms with Crippen LogP contribution >= 0.6 is 0 Å². The lowest BCUT2D eigenvalue weighted by atomic mass is 9.42. The Labute approximate surface area is 258 Å². The molecule has 0 amide bonds. The molecule has 0 aromatic carbocycles. The van der Waals surface area contributed by atoms with Crippen LogP contribution < -0.4 is 0 Å². The quantitative estimate of drug-likeness (QED) is 0.281. The summed E-state index contributed by atoms with van der Waals surface area (Å²) < 4.78 is 11.6. The molecule has 0 aliphatic heterocycles. The van der Waals surface area contributed by atoms with Crippen LogP contribution in [0.15, 0.2) is 27.7 Å². The van der Waals surface area contributed by atoms with Crippen molar-refractivity contribution in [3.05, 3.63) is 35.1 Å². The number of ether oxygens (including phenoxy) is 1. The minimum absolute atomic E-state index is 0.00310. The van der Waals surface area contributed by atoms with Crippen molar-refractivity contribution >= 4 is 11.6 Å². The number of nitriles is 1. The molecule has 0 N–H and O–H groups in total. The van der Waals surface area contributed by atoms with Crippen LogP contribution in [0, 0.1) is 50.2 Å². The van der Waals surface area contributed by atoms with Crippen LogP contribution in [0.4, 0.5) is 0 Å². The van der Waals surface area contributed by atoms with Crippen molar-refractivity contribution in [3.8, 4) is 6.07 Å². The van der Waals surface area contributed by atoms with Crippen LogP contribution in [-0.4, -0.2) is 28.9 Å². The molecule has 1 heterocycles. The molecule has 0 bridgehead atoms. The first-order valence-corrected chi connectivity index (χ1v) is 16.0. The second-order valence-corrected chi connectivity index (χ2v) is 16.3. The van der Waals surface area contributed by atoms with Crippen molar-refractivity contribution < 1.29 is 18.7 Å². The number of Topliss-reactive ketones (excluding diaryl/α,β-unsaturated/α-hetero) is 1. The van der Waals surface area contributed by atoms with Gasteiger partial charge in [-0.25, -0.2) is 0 Å². The maximum Gasteiger partial charge on any atom is 0.242 e. The summed E-state index contributed by atoms with van der Waals surface area (Å²) in [7, 11) is 1.63. The van der Waals surface area contributed by atoms with E-state index in [2.05, 4.69) is 64.7 Å². The fourth-order valence-corrected chi connectivity index (χ4v) is 9.29. The number of hydrogen-bond donors (Lipinski definition) is 0. The lowest BCUT2D eigenvalue weighted by molar-refractivity contribution is -0.131. The minimum Gasteiger partial charge on any atom is -0.422 e. The largest absolute Gasteiger partial charge is 0.422 e. The lowest BCUT2D eigenvalue weighted by Crippen LogP contribution is -2.56. The first-order valence-electron chi connectivity index (χ1n) is 16.0. The Balaban J connectivity index is 1.77. The van der Waals surface area contributed by atoms with Crippen molar-refractivity contribution in [2.75, 3.05) is 7.11 Å². The van der Waals surface area contributed by atoms with Gasteiger partial charge in [0.1, 0.15) is 12.7 Å². The molecular weight excluding hydrogens is 538 g/mol. The molecule has 236 valence electrons.